The van der Waals surface area contributed by atoms with Gasteiger partial charge in [-0.25, -0.2) is 4.79 Å². The van der Waals surface area contributed by atoms with Crippen molar-refractivity contribution in [2.24, 2.45) is 14.1 Å². The molecule has 1 N–H and O–H groups in total. The molecule has 0 radical (unpaired) electrons. The van der Waals surface area contributed by atoms with Crippen molar-refractivity contribution >= 4 is 37.5 Å². The van der Waals surface area contributed by atoms with Crippen molar-refractivity contribution in [1.29, 1.82) is 0 Å². The van der Waals surface area contributed by atoms with Gasteiger partial charge in [0.25, 0.3) is 5.56 Å². The Morgan fingerprint density at radius 3 is 2.60 bits per heavy atom. The quantitative estimate of drug-likeness (QED) is 0.856. The maximum atomic E-state index is 12.0. The van der Waals surface area contributed by atoms with Crippen molar-refractivity contribution in [3.8, 4) is 0 Å². The number of rotatable bonds is 3. The van der Waals surface area contributed by atoms with Gasteiger partial charge in [-0.2, -0.15) is 0 Å². The van der Waals surface area contributed by atoms with Gasteiger partial charge in [0.1, 0.15) is 0 Å². The minimum Gasteiger partial charge on any atom is -0.380 e. The third kappa shape index (κ3) is 3.04. The standard InChI is InChI=1S/C13H13Br2N3O2/c1-17-7-8(12(19)18(2)13(17)20)6-16-11-5-9(14)3-4-10(11)15/h3-5,7,16H,6H2,1-2H3. The summed E-state index contributed by atoms with van der Waals surface area (Å²) in [5, 5.41) is 3.18. The van der Waals surface area contributed by atoms with Gasteiger partial charge in [0.05, 0.1) is 5.56 Å². The Morgan fingerprint density at radius 2 is 1.90 bits per heavy atom. The molecule has 2 aromatic rings. The molecule has 0 saturated carbocycles. The molecule has 0 bridgehead atoms. The monoisotopic (exact) mass is 401 g/mol. The number of halogens is 2. The fraction of sp³-hybridized carbons (Fsp3) is 0.231. The van der Waals surface area contributed by atoms with Gasteiger partial charge >= 0.3 is 5.69 Å². The normalized spacial score (nSPS) is 10.6. The van der Waals surface area contributed by atoms with Crippen LogP contribution in [0.4, 0.5) is 5.69 Å². The SMILES string of the molecule is Cn1cc(CNc2cc(Br)ccc2Br)c(=O)n(C)c1=O. The highest BCUT2D eigenvalue weighted by molar-refractivity contribution is 9.11. The van der Waals surface area contributed by atoms with Crippen LogP contribution >= 0.6 is 31.9 Å². The summed E-state index contributed by atoms with van der Waals surface area (Å²) >= 11 is 6.84. The minimum absolute atomic E-state index is 0.285. The third-order valence-corrected chi connectivity index (χ3v) is 4.10. The van der Waals surface area contributed by atoms with Crippen LogP contribution < -0.4 is 16.6 Å². The van der Waals surface area contributed by atoms with E-state index >= 15 is 0 Å². The molecule has 0 spiro atoms. The van der Waals surface area contributed by atoms with E-state index in [4.69, 9.17) is 0 Å². The van der Waals surface area contributed by atoms with Crippen molar-refractivity contribution in [1.82, 2.24) is 9.13 Å². The Hall–Kier alpha value is -1.34. The second kappa shape index (κ2) is 5.97. The molecule has 0 fully saturated rings. The molecule has 7 heteroatoms. The Kier molecular flexibility index (Phi) is 4.49. The molecular weight excluding hydrogens is 390 g/mol. The molecule has 106 valence electrons. The molecule has 0 aliphatic heterocycles. The van der Waals surface area contributed by atoms with E-state index in [1.165, 1.54) is 11.6 Å². The number of benzene rings is 1. The van der Waals surface area contributed by atoms with E-state index in [2.05, 4.69) is 37.2 Å². The highest BCUT2D eigenvalue weighted by atomic mass is 79.9. The van der Waals surface area contributed by atoms with Gasteiger partial charge in [-0.05, 0) is 34.1 Å². The van der Waals surface area contributed by atoms with E-state index in [1.54, 1.807) is 13.2 Å². The zero-order chi connectivity index (χ0) is 14.9. The molecular formula is C13H13Br2N3O2. The molecule has 0 aliphatic rings. The summed E-state index contributed by atoms with van der Waals surface area (Å²) in [5.74, 6) is 0. The number of aromatic nitrogens is 2. The van der Waals surface area contributed by atoms with Crippen LogP contribution in [0.15, 0.2) is 42.9 Å². The van der Waals surface area contributed by atoms with Crippen LogP contribution in [-0.4, -0.2) is 9.13 Å². The van der Waals surface area contributed by atoms with Gasteiger partial charge < -0.3 is 9.88 Å². The predicted molar refractivity (Wildman–Crippen MR) is 86.1 cm³/mol. The lowest BCUT2D eigenvalue weighted by atomic mass is 10.3. The van der Waals surface area contributed by atoms with Crippen molar-refractivity contribution in [3.05, 3.63) is 59.7 Å². The first kappa shape index (κ1) is 15.1. The summed E-state index contributed by atoms with van der Waals surface area (Å²) in [4.78, 5) is 23.6. The highest BCUT2D eigenvalue weighted by Gasteiger charge is 2.07. The fourth-order valence-electron chi connectivity index (χ4n) is 1.83. The number of hydrogen-bond acceptors (Lipinski definition) is 3. The Labute approximate surface area is 132 Å². The van der Waals surface area contributed by atoms with Crippen LogP contribution in [0.2, 0.25) is 0 Å². The van der Waals surface area contributed by atoms with Gasteiger partial charge in [0.15, 0.2) is 0 Å². The van der Waals surface area contributed by atoms with Gasteiger partial charge in [0, 0.05) is 41.5 Å². The summed E-state index contributed by atoms with van der Waals surface area (Å²) < 4.78 is 4.35. The average molecular weight is 403 g/mol. The van der Waals surface area contributed by atoms with Gasteiger partial charge in [-0.15, -0.1) is 0 Å². The van der Waals surface area contributed by atoms with Crippen LogP contribution in [0, 0.1) is 0 Å². The number of hydrogen-bond donors (Lipinski definition) is 1. The van der Waals surface area contributed by atoms with Gasteiger partial charge in [-0.3, -0.25) is 9.36 Å². The molecule has 0 unspecified atom stereocenters. The molecule has 20 heavy (non-hydrogen) atoms. The number of aryl methyl sites for hydroxylation is 1. The van der Waals surface area contributed by atoms with Crippen molar-refractivity contribution < 1.29 is 0 Å². The molecule has 1 aromatic carbocycles. The second-order valence-electron chi connectivity index (χ2n) is 4.39. The van der Waals surface area contributed by atoms with Crippen molar-refractivity contribution in [2.75, 3.05) is 5.32 Å². The van der Waals surface area contributed by atoms with E-state index in [0.717, 1.165) is 19.2 Å². The van der Waals surface area contributed by atoms with Crippen LogP contribution in [-0.2, 0) is 20.6 Å². The van der Waals surface area contributed by atoms with Crippen LogP contribution in [0.1, 0.15) is 5.56 Å². The maximum absolute atomic E-state index is 12.0. The lowest BCUT2D eigenvalue weighted by Crippen LogP contribution is -2.38. The Morgan fingerprint density at radius 1 is 1.20 bits per heavy atom. The molecule has 0 atom stereocenters. The van der Waals surface area contributed by atoms with Crippen molar-refractivity contribution in [3.63, 3.8) is 0 Å². The molecule has 0 aliphatic carbocycles. The van der Waals surface area contributed by atoms with E-state index in [-0.39, 0.29) is 11.2 Å². The van der Waals surface area contributed by atoms with Crippen LogP contribution in [0.25, 0.3) is 0 Å². The molecule has 5 nitrogen and oxygen atoms in total. The minimum atomic E-state index is -0.331. The van der Waals surface area contributed by atoms with Crippen molar-refractivity contribution in [2.45, 2.75) is 6.54 Å². The first-order valence-electron chi connectivity index (χ1n) is 5.84. The lowest BCUT2D eigenvalue weighted by molar-refractivity contribution is 0.671. The maximum Gasteiger partial charge on any atom is 0.330 e. The Balaban J connectivity index is 2.30. The van der Waals surface area contributed by atoms with Crippen LogP contribution in [0.3, 0.4) is 0 Å². The topological polar surface area (TPSA) is 56.0 Å². The fourth-order valence-corrected chi connectivity index (χ4v) is 2.58. The molecule has 2 rings (SSSR count). The summed E-state index contributed by atoms with van der Waals surface area (Å²) in [6.07, 6.45) is 1.56. The van der Waals surface area contributed by atoms with E-state index in [1.807, 2.05) is 18.2 Å². The van der Waals surface area contributed by atoms with E-state index in [9.17, 15) is 9.59 Å². The molecule has 1 heterocycles. The number of nitrogens with one attached hydrogen (secondary N) is 1. The molecule has 0 amide bonds. The third-order valence-electron chi connectivity index (χ3n) is 2.92. The zero-order valence-corrected chi connectivity index (χ0v) is 14.2. The summed E-state index contributed by atoms with van der Waals surface area (Å²) in [7, 11) is 3.10. The molecule has 0 saturated heterocycles. The van der Waals surface area contributed by atoms with Crippen LogP contribution in [0.5, 0.6) is 0 Å². The Bertz CT molecular complexity index is 765. The zero-order valence-electron chi connectivity index (χ0n) is 11.0. The van der Waals surface area contributed by atoms with Gasteiger partial charge in [-0.1, -0.05) is 15.9 Å². The average Bonchev–Trinajstić information content (AvgIpc) is 2.42. The van der Waals surface area contributed by atoms with E-state index in [0.29, 0.717) is 12.1 Å². The predicted octanol–water partition coefficient (Wildman–Crippen LogP) is 2.22. The summed E-state index contributed by atoms with van der Waals surface area (Å²) in [5.41, 5.74) is 0.783. The lowest BCUT2D eigenvalue weighted by Gasteiger charge is -2.10. The number of anilines is 1. The second-order valence-corrected chi connectivity index (χ2v) is 6.16. The van der Waals surface area contributed by atoms with E-state index < -0.39 is 0 Å². The summed E-state index contributed by atoms with van der Waals surface area (Å²) in [6, 6.07) is 5.74. The summed E-state index contributed by atoms with van der Waals surface area (Å²) in [6.45, 7) is 0.343. The molecule has 1 aromatic heterocycles. The first-order chi connectivity index (χ1) is 9.40. The largest absolute Gasteiger partial charge is 0.380 e. The first-order valence-corrected chi connectivity index (χ1v) is 7.43. The number of nitrogens with zero attached hydrogens (tertiary/aromatic N) is 2. The highest BCUT2D eigenvalue weighted by Crippen LogP contribution is 2.26. The van der Waals surface area contributed by atoms with Gasteiger partial charge in [0.2, 0.25) is 0 Å². The smallest absolute Gasteiger partial charge is 0.330 e.